The molecule has 0 saturated heterocycles. The molecule has 0 bridgehead atoms. The highest BCUT2D eigenvalue weighted by molar-refractivity contribution is 7.94. The first kappa shape index (κ1) is 19.4. The summed E-state index contributed by atoms with van der Waals surface area (Å²) in [5, 5.41) is 6.12. The van der Waals surface area contributed by atoms with E-state index in [0.29, 0.717) is 17.2 Å². The van der Waals surface area contributed by atoms with Crippen molar-refractivity contribution in [1.29, 1.82) is 0 Å². The second-order valence-electron chi connectivity index (χ2n) is 6.80. The second kappa shape index (κ2) is 7.60. The molecular weight excluding hydrogens is 436 g/mol. The zero-order valence-corrected chi connectivity index (χ0v) is 17.6. The van der Waals surface area contributed by atoms with Crippen molar-refractivity contribution >= 4 is 49.4 Å². The SMILES string of the molecule is O=C(Nc1ccc2c(c1)OCO2)c1cc2ccccc2cc1NS(=O)(=O)c1cccs1. The Bertz CT molecular complexity index is 1400. The molecule has 0 spiro atoms. The summed E-state index contributed by atoms with van der Waals surface area (Å²) in [6, 6.07) is 19.0. The Morgan fingerprint density at radius 2 is 1.68 bits per heavy atom. The van der Waals surface area contributed by atoms with Crippen LogP contribution in [0.25, 0.3) is 10.8 Å². The molecule has 156 valence electrons. The zero-order chi connectivity index (χ0) is 21.4. The second-order valence-corrected chi connectivity index (χ2v) is 9.66. The van der Waals surface area contributed by atoms with Crippen molar-refractivity contribution in [3.63, 3.8) is 0 Å². The van der Waals surface area contributed by atoms with Gasteiger partial charge in [0.2, 0.25) is 6.79 Å². The summed E-state index contributed by atoms with van der Waals surface area (Å²) in [6.07, 6.45) is 0. The molecule has 7 nitrogen and oxygen atoms in total. The molecule has 31 heavy (non-hydrogen) atoms. The van der Waals surface area contributed by atoms with Crippen LogP contribution in [-0.2, 0) is 10.0 Å². The van der Waals surface area contributed by atoms with Gasteiger partial charge in [-0.05, 0) is 46.5 Å². The van der Waals surface area contributed by atoms with Gasteiger partial charge in [-0.1, -0.05) is 30.3 Å². The van der Waals surface area contributed by atoms with Gasteiger partial charge in [0.05, 0.1) is 11.3 Å². The number of carbonyl (C=O) groups is 1. The Morgan fingerprint density at radius 3 is 2.45 bits per heavy atom. The van der Waals surface area contributed by atoms with Crippen LogP contribution in [0.15, 0.2) is 76.3 Å². The first-order chi connectivity index (χ1) is 15.0. The Hall–Kier alpha value is -3.56. The lowest BCUT2D eigenvalue weighted by Gasteiger charge is -2.14. The van der Waals surface area contributed by atoms with E-state index in [9.17, 15) is 13.2 Å². The number of ether oxygens (including phenoxy) is 2. The van der Waals surface area contributed by atoms with Gasteiger partial charge < -0.3 is 14.8 Å². The van der Waals surface area contributed by atoms with Gasteiger partial charge in [-0.25, -0.2) is 8.42 Å². The van der Waals surface area contributed by atoms with E-state index >= 15 is 0 Å². The molecule has 0 saturated carbocycles. The van der Waals surface area contributed by atoms with Crippen molar-refractivity contribution in [3.05, 3.63) is 77.7 Å². The number of fused-ring (bicyclic) bond motifs is 2. The summed E-state index contributed by atoms with van der Waals surface area (Å²) in [5.74, 6) is 0.691. The van der Waals surface area contributed by atoms with E-state index in [-0.39, 0.29) is 22.3 Å². The Balaban J connectivity index is 1.53. The average Bonchev–Trinajstić information content (AvgIpc) is 3.45. The van der Waals surface area contributed by atoms with Crippen LogP contribution in [0.2, 0.25) is 0 Å². The molecule has 0 radical (unpaired) electrons. The van der Waals surface area contributed by atoms with Gasteiger partial charge in [-0.2, -0.15) is 0 Å². The first-order valence-corrected chi connectivity index (χ1v) is 11.7. The van der Waals surface area contributed by atoms with E-state index < -0.39 is 15.9 Å². The summed E-state index contributed by atoms with van der Waals surface area (Å²) in [4.78, 5) is 13.1. The summed E-state index contributed by atoms with van der Waals surface area (Å²) >= 11 is 1.10. The molecule has 0 fully saturated rings. The highest BCUT2D eigenvalue weighted by Crippen LogP contribution is 2.35. The number of benzene rings is 3. The van der Waals surface area contributed by atoms with Crippen molar-refractivity contribution in [2.24, 2.45) is 0 Å². The van der Waals surface area contributed by atoms with Crippen LogP contribution >= 0.6 is 11.3 Å². The summed E-state index contributed by atoms with van der Waals surface area (Å²) < 4.78 is 39.0. The highest BCUT2D eigenvalue weighted by atomic mass is 32.2. The normalized spacial score (nSPS) is 12.6. The van der Waals surface area contributed by atoms with Crippen molar-refractivity contribution < 1.29 is 22.7 Å². The fraction of sp³-hybridized carbons (Fsp3) is 0.0455. The third kappa shape index (κ3) is 3.80. The highest BCUT2D eigenvalue weighted by Gasteiger charge is 2.21. The maximum atomic E-state index is 13.1. The Kier molecular flexibility index (Phi) is 4.76. The van der Waals surface area contributed by atoms with Crippen LogP contribution in [-0.4, -0.2) is 21.1 Å². The quantitative estimate of drug-likeness (QED) is 0.458. The molecule has 3 aromatic carbocycles. The number of amides is 1. The number of carbonyl (C=O) groups excluding carboxylic acids is 1. The largest absolute Gasteiger partial charge is 0.454 e. The summed E-state index contributed by atoms with van der Waals surface area (Å²) in [5.41, 5.74) is 0.913. The smallest absolute Gasteiger partial charge is 0.271 e. The molecule has 5 rings (SSSR count). The van der Waals surface area contributed by atoms with Crippen LogP contribution < -0.4 is 19.5 Å². The first-order valence-electron chi connectivity index (χ1n) is 9.30. The Labute approximate surface area is 182 Å². The summed E-state index contributed by atoms with van der Waals surface area (Å²) in [7, 11) is -3.82. The molecule has 9 heteroatoms. The van der Waals surface area contributed by atoms with E-state index in [1.807, 2.05) is 24.3 Å². The third-order valence-corrected chi connectivity index (χ3v) is 7.53. The number of rotatable bonds is 5. The predicted octanol–water partition coefficient (Wildman–Crippen LogP) is 4.68. The third-order valence-electron chi connectivity index (χ3n) is 4.77. The maximum Gasteiger partial charge on any atom is 0.271 e. The fourth-order valence-electron chi connectivity index (χ4n) is 3.30. The lowest BCUT2D eigenvalue weighted by Crippen LogP contribution is -2.18. The molecule has 1 aliphatic heterocycles. The van der Waals surface area contributed by atoms with Crippen molar-refractivity contribution in [1.82, 2.24) is 0 Å². The van der Waals surface area contributed by atoms with E-state index in [0.717, 1.165) is 22.1 Å². The van der Waals surface area contributed by atoms with Crippen LogP contribution in [0.5, 0.6) is 11.5 Å². The number of thiophene rings is 1. The van der Waals surface area contributed by atoms with E-state index in [2.05, 4.69) is 10.0 Å². The molecule has 1 amide bonds. The predicted molar refractivity (Wildman–Crippen MR) is 120 cm³/mol. The molecule has 0 atom stereocenters. The number of hydrogen-bond acceptors (Lipinski definition) is 6. The van der Waals surface area contributed by atoms with Gasteiger partial charge in [-0.15, -0.1) is 11.3 Å². The standard InChI is InChI=1S/C22H16N2O5S2/c25-22(23-16-7-8-19-20(12-16)29-13-28-19)17-10-14-4-1-2-5-15(14)11-18(17)24-31(26,27)21-6-3-9-30-21/h1-12,24H,13H2,(H,23,25). The van der Waals surface area contributed by atoms with Crippen LogP contribution in [0.1, 0.15) is 10.4 Å². The number of anilines is 2. The summed E-state index contributed by atoms with van der Waals surface area (Å²) in [6.45, 7) is 0.131. The fourth-order valence-corrected chi connectivity index (χ4v) is 5.36. The van der Waals surface area contributed by atoms with Gasteiger partial charge >= 0.3 is 0 Å². The molecule has 2 N–H and O–H groups in total. The van der Waals surface area contributed by atoms with Crippen LogP contribution in [0.3, 0.4) is 0 Å². The monoisotopic (exact) mass is 452 g/mol. The molecule has 4 aromatic rings. The molecule has 2 heterocycles. The maximum absolute atomic E-state index is 13.1. The van der Waals surface area contributed by atoms with Crippen molar-refractivity contribution in [2.45, 2.75) is 4.21 Å². The molecule has 0 aliphatic carbocycles. The van der Waals surface area contributed by atoms with Gasteiger partial charge in [0.25, 0.3) is 15.9 Å². The lowest BCUT2D eigenvalue weighted by molar-refractivity contribution is 0.102. The minimum Gasteiger partial charge on any atom is -0.454 e. The van der Waals surface area contributed by atoms with Crippen molar-refractivity contribution in [2.75, 3.05) is 16.8 Å². The van der Waals surface area contributed by atoms with Crippen LogP contribution in [0, 0.1) is 0 Å². The van der Waals surface area contributed by atoms with Gasteiger partial charge in [0.15, 0.2) is 11.5 Å². The number of hydrogen-bond donors (Lipinski definition) is 2. The number of sulfonamides is 1. The van der Waals surface area contributed by atoms with Crippen molar-refractivity contribution in [3.8, 4) is 11.5 Å². The van der Waals surface area contributed by atoms with Gasteiger partial charge in [0.1, 0.15) is 4.21 Å². The zero-order valence-electron chi connectivity index (χ0n) is 16.0. The van der Waals surface area contributed by atoms with Gasteiger partial charge in [-0.3, -0.25) is 9.52 Å². The lowest BCUT2D eigenvalue weighted by atomic mass is 10.0. The van der Waals surface area contributed by atoms with E-state index in [1.54, 1.807) is 41.8 Å². The molecule has 0 unspecified atom stereocenters. The van der Waals surface area contributed by atoms with Crippen LogP contribution in [0.4, 0.5) is 11.4 Å². The molecular formula is C22H16N2O5S2. The number of nitrogens with one attached hydrogen (secondary N) is 2. The topological polar surface area (TPSA) is 93.7 Å². The average molecular weight is 453 g/mol. The molecule has 1 aromatic heterocycles. The molecule has 1 aliphatic rings. The minimum absolute atomic E-state index is 0.131. The van der Waals surface area contributed by atoms with Gasteiger partial charge in [0, 0.05) is 11.8 Å². The van der Waals surface area contributed by atoms with E-state index in [4.69, 9.17) is 9.47 Å². The van der Waals surface area contributed by atoms with E-state index in [1.165, 1.54) is 6.07 Å². The minimum atomic E-state index is -3.82. The Morgan fingerprint density at radius 1 is 0.903 bits per heavy atom.